The van der Waals surface area contributed by atoms with Crippen LogP contribution in [0.25, 0.3) is 5.69 Å². The second-order valence-electron chi connectivity index (χ2n) is 9.73. The maximum atomic E-state index is 11.5. The summed E-state index contributed by atoms with van der Waals surface area (Å²) in [5.74, 6) is -0.140. The quantitative estimate of drug-likeness (QED) is 0.204. The summed E-state index contributed by atoms with van der Waals surface area (Å²) in [6, 6.07) is 24.1. The number of thioether (sulfide) groups is 1. The highest BCUT2D eigenvalue weighted by Crippen LogP contribution is 2.41. The standard InChI is InChI=1S/C30H30Cl2N4O2S/c1-2-4-27-33-34-30(39-28(20-6-10-23(31)11-7-20)21-8-12-24(32)13-9-21)36(27)26-16-14-25(15-17-26)35-18-3-5-22(19-35)29(37)38/h6-17,22,28H,2-5,18-19H2,1H3,(H,37,38). The first-order valence-corrected chi connectivity index (χ1v) is 14.8. The van der Waals surface area contributed by atoms with Crippen LogP contribution in [-0.2, 0) is 11.2 Å². The van der Waals surface area contributed by atoms with Gasteiger partial charge >= 0.3 is 5.97 Å². The van der Waals surface area contributed by atoms with Gasteiger partial charge in [-0.25, -0.2) is 0 Å². The maximum absolute atomic E-state index is 11.5. The predicted octanol–water partition coefficient (Wildman–Crippen LogP) is 7.71. The summed E-state index contributed by atoms with van der Waals surface area (Å²) in [4.78, 5) is 13.7. The van der Waals surface area contributed by atoms with Crippen LogP contribution in [0, 0.1) is 5.92 Å². The van der Waals surface area contributed by atoms with Gasteiger partial charge in [0, 0.05) is 40.9 Å². The number of anilines is 1. The molecular weight excluding hydrogens is 551 g/mol. The highest BCUT2D eigenvalue weighted by atomic mass is 35.5. The van der Waals surface area contributed by atoms with Gasteiger partial charge in [-0.2, -0.15) is 0 Å². The van der Waals surface area contributed by atoms with Crippen molar-refractivity contribution in [2.24, 2.45) is 5.92 Å². The number of carbonyl (C=O) groups is 1. The zero-order chi connectivity index (χ0) is 27.4. The smallest absolute Gasteiger partial charge is 0.308 e. The van der Waals surface area contributed by atoms with E-state index in [4.69, 9.17) is 23.2 Å². The van der Waals surface area contributed by atoms with Gasteiger partial charge in [-0.1, -0.05) is 66.2 Å². The number of aromatic nitrogens is 3. The van der Waals surface area contributed by atoms with Crippen molar-refractivity contribution in [3.63, 3.8) is 0 Å². The first-order chi connectivity index (χ1) is 18.9. The molecule has 1 unspecified atom stereocenters. The van der Waals surface area contributed by atoms with Crippen LogP contribution in [-0.4, -0.2) is 38.9 Å². The van der Waals surface area contributed by atoms with Crippen molar-refractivity contribution < 1.29 is 9.90 Å². The second kappa shape index (κ2) is 12.5. The molecule has 1 aromatic heterocycles. The van der Waals surface area contributed by atoms with Crippen molar-refractivity contribution in [2.45, 2.75) is 43.0 Å². The fraction of sp³-hybridized carbons (Fsp3) is 0.300. The summed E-state index contributed by atoms with van der Waals surface area (Å²) in [6.07, 6.45) is 3.35. The van der Waals surface area contributed by atoms with Crippen LogP contribution in [0.4, 0.5) is 5.69 Å². The largest absolute Gasteiger partial charge is 0.481 e. The number of carboxylic acid groups (broad SMARTS) is 1. The lowest BCUT2D eigenvalue weighted by atomic mass is 9.98. The van der Waals surface area contributed by atoms with Crippen molar-refractivity contribution in [1.29, 1.82) is 0 Å². The number of carboxylic acids is 1. The van der Waals surface area contributed by atoms with E-state index in [-0.39, 0.29) is 11.2 Å². The van der Waals surface area contributed by atoms with E-state index in [0.29, 0.717) is 16.6 Å². The van der Waals surface area contributed by atoms with Crippen molar-refractivity contribution in [3.05, 3.63) is 99.8 Å². The number of benzene rings is 3. The Kier molecular flexibility index (Phi) is 8.80. The van der Waals surface area contributed by atoms with E-state index in [1.54, 1.807) is 11.8 Å². The van der Waals surface area contributed by atoms with Crippen molar-refractivity contribution >= 4 is 46.6 Å². The summed E-state index contributed by atoms with van der Waals surface area (Å²) in [7, 11) is 0. The Bertz CT molecular complexity index is 1360. The molecule has 39 heavy (non-hydrogen) atoms. The van der Waals surface area contributed by atoms with Crippen molar-refractivity contribution in [2.75, 3.05) is 18.0 Å². The minimum Gasteiger partial charge on any atom is -0.481 e. The van der Waals surface area contributed by atoms with E-state index in [2.05, 4.69) is 50.9 Å². The number of piperidine rings is 1. The van der Waals surface area contributed by atoms with E-state index in [1.807, 2.05) is 48.5 Å². The predicted molar refractivity (Wildman–Crippen MR) is 159 cm³/mol. The van der Waals surface area contributed by atoms with Crippen LogP contribution in [0.3, 0.4) is 0 Å². The van der Waals surface area contributed by atoms with Gasteiger partial charge in [-0.15, -0.1) is 10.2 Å². The normalized spacial score (nSPS) is 15.6. The molecule has 1 aliphatic heterocycles. The zero-order valence-corrected chi connectivity index (χ0v) is 24.0. The third-order valence-electron chi connectivity index (χ3n) is 6.99. The maximum Gasteiger partial charge on any atom is 0.308 e. The van der Waals surface area contributed by atoms with Gasteiger partial charge in [-0.3, -0.25) is 9.36 Å². The molecule has 202 valence electrons. The number of halogens is 2. The molecule has 1 atom stereocenters. The number of hydrogen-bond acceptors (Lipinski definition) is 5. The highest BCUT2D eigenvalue weighted by Gasteiger charge is 2.26. The molecule has 0 aliphatic carbocycles. The third-order valence-corrected chi connectivity index (χ3v) is 8.75. The lowest BCUT2D eigenvalue weighted by Crippen LogP contribution is -2.38. The van der Waals surface area contributed by atoms with Crippen LogP contribution >= 0.6 is 35.0 Å². The van der Waals surface area contributed by atoms with Crippen LogP contribution in [0.2, 0.25) is 10.0 Å². The molecule has 0 radical (unpaired) electrons. The number of aliphatic carboxylic acids is 1. The van der Waals surface area contributed by atoms with E-state index in [1.165, 1.54) is 0 Å². The third kappa shape index (κ3) is 6.43. The highest BCUT2D eigenvalue weighted by molar-refractivity contribution is 7.99. The van der Waals surface area contributed by atoms with Gasteiger partial charge in [0.05, 0.1) is 11.2 Å². The summed E-state index contributed by atoms with van der Waals surface area (Å²) >= 11 is 14.0. The fourth-order valence-corrected chi connectivity index (χ4v) is 6.41. The summed E-state index contributed by atoms with van der Waals surface area (Å²) in [5.41, 5.74) is 4.22. The number of rotatable bonds is 9. The summed E-state index contributed by atoms with van der Waals surface area (Å²) in [5, 5.41) is 20.8. The number of nitrogens with zero attached hydrogens (tertiary/aromatic N) is 4. The molecule has 0 amide bonds. The Morgan fingerprint density at radius 1 is 0.949 bits per heavy atom. The molecule has 5 rings (SSSR count). The van der Waals surface area contributed by atoms with Gasteiger partial charge in [0.2, 0.25) is 0 Å². The topological polar surface area (TPSA) is 71.2 Å². The molecule has 4 aromatic rings. The molecule has 3 aromatic carbocycles. The summed E-state index contributed by atoms with van der Waals surface area (Å²) in [6.45, 7) is 3.53. The average Bonchev–Trinajstić information content (AvgIpc) is 3.35. The Morgan fingerprint density at radius 3 is 2.10 bits per heavy atom. The zero-order valence-electron chi connectivity index (χ0n) is 21.6. The Labute approximate surface area is 243 Å². The molecule has 0 saturated carbocycles. The molecular formula is C30H30Cl2N4O2S. The minimum atomic E-state index is -0.720. The van der Waals surface area contributed by atoms with Gasteiger partial charge < -0.3 is 10.0 Å². The SMILES string of the molecule is CCCc1nnc(SC(c2ccc(Cl)cc2)c2ccc(Cl)cc2)n1-c1ccc(N2CCCC(C(=O)O)C2)cc1. The molecule has 0 spiro atoms. The van der Waals surface area contributed by atoms with Crippen molar-refractivity contribution in [3.8, 4) is 5.69 Å². The van der Waals surface area contributed by atoms with Gasteiger partial charge in [-0.05, 0) is 78.9 Å². The molecule has 1 saturated heterocycles. The van der Waals surface area contributed by atoms with Crippen molar-refractivity contribution in [1.82, 2.24) is 14.8 Å². The van der Waals surface area contributed by atoms with E-state index in [0.717, 1.165) is 65.7 Å². The molecule has 1 aliphatic rings. The molecule has 1 N–H and O–H groups in total. The average molecular weight is 582 g/mol. The molecule has 1 fully saturated rings. The second-order valence-corrected chi connectivity index (χ2v) is 11.7. The lowest BCUT2D eigenvalue weighted by Gasteiger charge is -2.32. The first-order valence-electron chi connectivity index (χ1n) is 13.1. The van der Waals surface area contributed by atoms with Gasteiger partial charge in [0.1, 0.15) is 5.82 Å². The molecule has 0 bridgehead atoms. The van der Waals surface area contributed by atoms with Gasteiger partial charge in [0.15, 0.2) is 5.16 Å². The Balaban J connectivity index is 1.48. The molecule has 6 nitrogen and oxygen atoms in total. The Morgan fingerprint density at radius 2 is 1.54 bits per heavy atom. The van der Waals surface area contributed by atoms with E-state index in [9.17, 15) is 9.90 Å². The monoisotopic (exact) mass is 580 g/mol. The Hall–Kier alpha value is -3.00. The summed E-state index contributed by atoms with van der Waals surface area (Å²) < 4.78 is 2.13. The van der Waals surface area contributed by atoms with E-state index >= 15 is 0 Å². The first kappa shape index (κ1) is 27.6. The minimum absolute atomic E-state index is 0.0439. The molecule has 2 heterocycles. The van der Waals surface area contributed by atoms with Crippen LogP contribution in [0.15, 0.2) is 78.0 Å². The lowest BCUT2D eigenvalue weighted by molar-refractivity contribution is -0.141. The van der Waals surface area contributed by atoms with Crippen LogP contribution < -0.4 is 4.90 Å². The molecule has 9 heteroatoms. The number of aryl methyl sites for hydroxylation is 1. The number of hydrogen-bond donors (Lipinski definition) is 1. The van der Waals surface area contributed by atoms with E-state index < -0.39 is 5.97 Å². The van der Waals surface area contributed by atoms with Crippen LogP contribution in [0.5, 0.6) is 0 Å². The van der Waals surface area contributed by atoms with Gasteiger partial charge in [0.25, 0.3) is 0 Å². The van der Waals surface area contributed by atoms with Crippen LogP contribution in [0.1, 0.15) is 48.4 Å². The fourth-order valence-electron chi connectivity index (χ4n) is 4.96.